The van der Waals surface area contributed by atoms with Crippen molar-refractivity contribution < 1.29 is 4.74 Å². The minimum Gasteiger partial charge on any atom is -0.493 e. The summed E-state index contributed by atoms with van der Waals surface area (Å²) in [6, 6.07) is 5.71. The molecule has 0 unspecified atom stereocenters. The number of ether oxygens (including phenoxy) is 1. The molecule has 1 aliphatic rings. The summed E-state index contributed by atoms with van der Waals surface area (Å²) >= 11 is 5.90. The zero-order valence-electron chi connectivity index (χ0n) is 7.29. The van der Waals surface area contributed by atoms with E-state index in [2.05, 4.69) is 0 Å². The van der Waals surface area contributed by atoms with Gasteiger partial charge in [0, 0.05) is 16.5 Å². The molecule has 13 heavy (non-hydrogen) atoms. The first-order valence-corrected chi connectivity index (χ1v) is 4.81. The summed E-state index contributed by atoms with van der Waals surface area (Å²) in [7, 11) is 0. The fourth-order valence-electron chi connectivity index (χ4n) is 1.68. The smallest absolute Gasteiger partial charge is 0.122 e. The van der Waals surface area contributed by atoms with Crippen LogP contribution < -0.4 is 10.5 Å². The SMILES string of the molecule is NC[C@@H]1CCOc2ccc(Cl)cc21. The molecular weight excluding hydrogens is 186 g/mol. The van der Waals surface area contributed by atoms with Gasteiger partial charge in [0.05, 0.1) is 6.61 Å². The largest absolute Gasteiger partial charge is 0.493 e. The lowest BCUT2D eigenvalue weighted by molar-refractivity contribution is 0.269. The van der Waals surface area contributed by atoms with E-state index >= 15 is 0 Å². The van der Waals surface area contributed by atoms with Crippen LogP contribution in [0.5, 0.6) is 5.75 Å². The van der Waals surface area contributed by atoms with Crippen LogP contribution in [-0.2, 0) is 0 Å². The van der Waals surface area contributed by atoms with Gasteiger partial charge in [-0.3, -0.25) is 0 Å². The summed E-state index contributed by atoms with van der Waals surface area (Å²) in [4.78, 5) is 0. The molecule has 0 saturated heterocycles. The normalized spacial score (nSPS) is 20.6. The van der Waals surface area contributed by atoms with E-state index in [1.165, 1.54) is 0 Å². The van der Waals surface area contributed by atoms with E-state index in [1.54, 1.807) is 0 Å². The second-order valence-corrected chi connectivity index (χ2v) is 3.69. The minimum atomic E-state index is 0.405. The van der Waals surface area contributed by atoms with Gasteiger partial charge >= 0.3 is 0 Å². The van der Waals surface area contributed by atoms with Crippen LogP contribution in [0.15, 0.2) is 18.2 Å². The molecule has 1 atom stereocenters. The molecule has 70 valence electrons. The molecule has 2 N–H and O–H groups in total. The Morgan fingerprint density at radius 1 is 1.54 bits per heavy atom. The molecule has 1 aromatic rings. The van der Waals surface area contributed by atoms with E-state index in [9.17, 15) is 0 Å². The van der Waals surface area contributed by atoms with Crippen LogP contribution in [0, 0.1) is 0 Å². The highest BCUT2D eigenvalue weighted by Gasteiger charge is 2.19. The van der Waals surface area contributed by atoms with Gasteiger partial charge in [-0.15, -0.1) is 0 Å². The Bertz CT molecular complexity index is 314. The molecule has 2 rings (SSSR count). The van der Waals surface area contributed by atoms with Gasteiger partial charge in [-0.1, -0.05) is 11.6 Å². The molecule has 1 aromatic carbocycles. The number of hydrogen-bond donors (Lipinski definition) is 1. The predicted molar refractivity (Wildman–Crippen MR) is 53.4 cm³/mol. The molecule has 0 aromatic heterocycles. The number of hydrogen-bond acceptors (Lipinski definition) is 2. The number of fused-ring (bicyclic) bond motifs is 1. The average molecular weight is 198 g/mol. The Kier molecular flexibility index (Phi) is 2.42. The molecular formula is C10H12ClNO. The Balaban J connectivity index is 2.41. The minimum absolute atomic E-state index is 0.405. The lowest BCUT2D eigenvalue weighted by atomic mass is 9.93. The van der Waals surface area contributed by atoms with E-state index in [-0.39, 0.29) is 0 Å². The summed E-state index contributed by atoms with van der Waals surface area (Å²) in [5, 5.41) is 0.753. The quantitative estimate of drug-likeness (QED) is 0.749. The standard InChI is InChI=1S/C10H12ClNO/c11-8-1-2-10-9(5-8)7(6-12)3-4-13-10/h1-2,5,7H,3-4,6,12H2/t7-/m0/s1. The van der Waals surface area contributed by atoms with Crippen LogP contribution in [0.2, 0.25) is 5.02 Å². The highest BCUT2D eigenvalue weighted by molar-refractivity contribution is 6.30. The van der Waals surface area contributed by atoms with Gasteiger partial charge < -0.3 is 10.5 Å². The zero-order chi connectivity index (χ0) is 9.26. The molecule has 0 aliphatic carbocycles. The van der Waals surface area contributed by atoms with Gasteiger partial charge in [0.15, 0.2) is 0 Å². The summed E-state index contributed by atoms with van der Waals surface area (Å²) < 4.78 is 5.50. The molecule has 0 bridgehead atoms. The summed E-state index contributed by atoms with van der Waals surface area (Å²) in [6.45, 7) is 1.42. The molecule has 1 aliphatic heterocycles. The number of halogens is 1. The monoisotopic (exact) mass is 197 g/mol. The second kappa shape index (κ2) is 3.56. The van der Waals surface area contributed by atoms with Crippen molar-refractivity contribution in [2.45, 2.75) is 12.3 Å². The van der Waals surface area contributed by atoms with Crippen LogP contribution in [0.4, 0.5) is 0 Å². The molecule has 0 saturated carbocycles. The Hall–Kier alpha value is -0.730. The Morgan fingerprint density at radius 2 is 2.38 bits per heavy atom. The van der Waals surface area contributed by atoms with E-state index in [1.807, 2.05) is 18.2 Å². The van der Waals surface area contributed by atoms with Crippen LogP contribution in [0.1, 0.15) is 17.9 Å². The highest BCUT2D eigenvalue weighted by Crippen LogP contribution is 2.34. The van der Waals surface area contributed by atoms with Crippen molar-refractivity contribution in [3.05, 3.63) is 28.8 Å². The maximum Gasteiger partial charge on any atom is 0.122 e. The lowest BCUT2D eigenvalue weighted by Crippen LogP contribution is -2.20. The Labute approximate surface area is 82.6 Å². The van der Waals surface area contributed by atoms with Crippen LogP contribution in [-0.4, -0.2) is 13.2 Å². The fourth-order valence-corrected chi connectivity index (χ4v) is 1.86. The first-order valence-electron chi connectivity index (χ1n) is 4.43. The zero-order valence-corrected chi connectivity index (χ0v) is 8.05. The van der Waals surface area contributed by atoms with Crippen LogP contribution in [0.25, 0.3) is 0 Å². The molecule has 0 amide bonds. The lowest BCUT2D eigenvalue weighted by Gasteiger charge is -2.24. The van der Waals surface area contributed by atoms with E-state index in [0.29, 0.717) is 12.5 Å². The maximum absolute atomic E-state index is 5.90. The van der Waals surface area contributed by atoms with Crippen molar-refractivity contribution in [1.82, 2.24) is 0 Å². The maximum atomic E-state index is 5.90. The summed E-state index contributed by atoms with van der Waals surface area (Å²) in [5.41, 5.74) is 6.82. The third-order valence-corrected chi connectivity index (χ3v) is 2.66. The van der Waals surface area contributed by atoms with Gasteiger partial charge in [-0.05, 0) is 31.2 Å². The highest BCUT2D eigenvalue weighted by atomic mass is 35.5. The van der Waals surface area contributed by atoms with E-state index in [0.717, 1.165) is 29.4 Å². The van der Waals surface area contributed by atoms with Crippen molar-refractivity contribution in [1.29, 1.82) is 0 Å². The third kappa shape index (κ3) is 1.64. The molecule has 0 fully saturated rings. The average Bonchev–Trinajstić information content (AvgIpc) is 2.17. The molecule has 0 spiro atoms. The van der Waals surface area contributed by atoms with Crippen molar-refractivity contribution >= 4 is 11.6 Å². The van der Waals surface area contributed by atoms with Crippen LogP contribution in [0.3, 0.4) is 0 Å². The molecule has 2 nitrogen and oxygen atoms in total. The first-order chi connectivity index (χ1) is 6.31. The van der Waals surface area contributed by atoms with Gasteiger partial charge in [0.2, 0.25) is 0 Å². The van der Waals surface area contributed by atoms with Crippen molar-refractivity contribution in [2.75, 3.05) is 13.2 Å². The summed E-state index contributed by atoms with van der Waals surface area (Å²) in [5.74, 6) is 1.34. The van der Waals surface area contributed by atoms with Crippen molar-refractivity contribution in [2.24, 2.45) is 5.73 Å². The predicted octanol–water partition coefficient (Wildman–Crippen LogP) is 2.16. The Morgan fingerprint density at radius 3 is 3.15 bits per heavy atom. The fraction of sp³-hybridized carbons (Fsp3) is 0.400. The number of nitrogens with two attached hydrogens (primary N) is 1. The third-order valence-electron chi connectivity index (χ3n) is 2.42. The first kappa shape index (κ1) is 8.85. The second-order valence-electron chi connectivity index (χ2n) is 3.25. The van der Waals surface area contributed by atoms with E-state index in [4.69, 9.17) is 22.1 Å². The summed E-state index contributed by atoms with van der Waals surface area (Å²) in [6.07, 6.45) is 0.990. The van der Waals surface area contributed by atoms with Crippen LogP contribution >= 0.6 is 11.6 Å². The van der Waals surface area contributed by atoms with Crippen molar-refractivity contribution in [3.8, 4) is 5.75 Å². The van der Waals surface area contributed by atoms with Gasteiger partial charge in [-0.25, -0.2) is 0 Å². The van der Waals surface area contributed by atoms with Gasteiger partial charge in [-0.2, -0.15) is 0 Å². The molecule has 3 heteroatoms. The van der Waals surface area contributed by atoms with E-state index < -0.39 is 0 Å². The number of rotatable bonds is 1. The molecule has 1 heterocycles. The molecule has 0 radical (unpaired) electrons. The number of benzene rings is 1. The van der Waals surface area contributed by atoms with Gasteiger partial charge in [0.1, 0.15) is 5.75 Å². The topological polar surface area (TPSA) is 35.2 Å². The van der Waals surface area contributed by atoms with Crippen molar-refractivity contribution in [3.63, 3.8) is 0 Å². The van der Waals surface area contributed by atoms with Gasteiger partial charge in [0.25, 0.3) is 0 Å².